The van der Waals surface area contributed by atoms with Crippen LogP contribution in [0.3, 0.4) is 0 Å². The van der Waals surface area contributed by atoms with E-state index in [1.165, 1.54) is 17.7 Å². The van der Waals surface area contributed by atoms with Gasteiger partial charge in [0.2, 0.25) is 5.91 Å². The molecule has 2 aliphatic rings. The third-order valence-corrected chi connectivity index (χ3v) is 5.66. The normalized spacial score (nSPS) is 20.1. The van der Waals surface area contributed by atoms with Crippen molar-refractivity contribution in [2.24, 2.45) is 0 Å². The minimum absolute atomic E-state index is 0. The number of benzene rings is 2. The summed E-state index contributed by atoms with van der Waals surface area (Å²) in [6.07, 6.45) is 2.03. The lowest BCUT2D eigenvalue weighted by Crippen LogP contribution is -2.53. The van der Waals surface area contributed by atoms with Gasteiger partial charge in [0.05, 0.1) is 6.04 Å². The van der Waals surface area contributed by atoms with Crippen LogP contribution in [0.2, 0.25) is 0 Å². The Kier molecular flexibility index (Phi) is 6.92. The Labute approximate surface area is 172 Å². The minimum Gasteiger partial charge on any atom is -0.368 e. The number of piperazine rings is 1. The summed E-state index contributed by atoms with van der Waals surface area (Å²) >= 11 is 0. The van der Waals surface area contributed by atoms with Gasteiger partial charge in [-0.1, -0.05) is 30.3 Å². The van der Waals surface area contributed by atoms with Crippen LogP contribution in [-0.2, 0) is 11.3 Å². The summed E-state index contributed by atoms with van der Waals surface area (Å²) in [7, 11) is 0. The van der Waals surface area contributed by atoms with Crippen molar-refractivity contribution >= 4 is 24.0 Å². The van der Waals surface area contributed by atoms with Crippen molar-refractivity contribution in [2.45, 2.75) is 25.4 Å². The second kappa shape index (κ2) is 9.39. The third-order valence-electron chi connectivity index (χ3n) is 5.66. The van der Waals surface area contributed by atoms with Crippen LogP contribution >= 0.6 is 12.4 Å². The van der Waals surface area contributed by atoms with E-state index in [2.05, 4.69) is 34.1 Å². The quantitative estimate of drug-likeness (QED) is 0.781. The van der Waals surface area contributed by atoms with E-state index in [1.54, 1.807) is 0 Å². The molecular formula is C22H27ClFN3O. The fourth-order valence-electron chi connectivity index (χ4n) is 4.16. The summed E-state index contributed by atoms with van der Waals surface area (Å²) in [5, 5.41) is 0. The molecule has 4 nitrogen and oxygen atoms in total. The molecule has 0 saturated carbocycles. The number of likely N-dealkylation sites (tertiary alicyclic amines) is 1. The third kappa shape index (κ3) is 4.65. The lowest BCUT2D eigenvalue weighted by molar-refractivity contribution is -0.136. The molecule has 0 bridgehead atoms. The molecule has 6 heteroatoms. The van der Waals surface area contributed by atoms with Crippen molar-refractivity contribution < 1.29 is 9.18 Å². The minimum atomic E-state index is -0.215. The van der Waals surface area contributed by atoms with E-state index in [-0.39, 0.29) is 30.2 Å². The Morgan fingerprint density at radius 3 is 2.29 bits per heavy atom. The Morgan fingerprint density at radius 2 is 1.61 bits per heavy atom. The zero-order chi connectivity index (χ0) is 18.6. The largest absolute Gasteiger partial charge is 0.368 e. The van der Waals surface area contributed by atoms with Gasteiger partial charge >= 0.3 is 0 Å². The predicted octanol–water partition coefficient (Wildman–Crippen LogP) is 3.56. The molecule has 2 aromatic rings. The molecule has 2 aliphatic heterocycles. The maximum atomic E-state index is 13.1. The van der Waals surface area contributed by atoms with Crippen LogP contribution in [-0.4, -0.2) is 54.5 Å². The second-order valence-corrected chi connectivity index (χ2v) is 7.40. The summed E-state index contributed by atoms with van der Waals surface area (Å²) in [4.78, 5) is 19.7. The van der Waals surface area contributed by atoms with Gasteiger partial charge in [-0.15, -0.1) is 12.4 Å². The molecule has 4 rings (SSSR count). The van der Waals surface area contributed by atoms with Gasteiger partial charge < -0.3 is 9.80 Å². The zero-order valence-corrected chi connectivity index (χ0v) is 16.8. The molecule has 2 saturated heterocycles. The van der Waals surface area contributed by atoms with Crippen LogP contribution < -0.4 is 4.90 Å². The van der Waals surface area contributed by atoms with E-state index in [0.717, 1.165) is 57.8 Å². The highest BCUT2D eigenvalue weighted by atomic mass is 35.5. The lowest BCUT2D eigenvalue weighted by Gasteiger charge is -2.38. The summed E-state index contributed by atoms with van der Waals surface area (Å²) < 4.78 is 13.1. The smallest absolute Gasteiger partial charge is 0.240 e. The molecule has 2 heterocycles. The summed E-state index contributed by atoms with van der Waals surface area (Å²) in [5.41, 5.74) is 2.29. The summed E-state index contributed by atoms with van der Waals surface area (Å²) in [5.74, 6) is 0.0505. The highest BCUT2D eigenvalue weighted by Crippen LogP contribution is 2.23. The lowest BCUT2D eigenvalue weighted by atomic mass is 10.1. The van der Waals surface area contributed by atoms with E-state index in [4.69, 9.17) is 0 Å². The fraction of sp³-hybridized carbons (Fsp3) is 0.409. The Bertz CT molecular complexity index is 763. The molecule has 2 aromatic carbocycles. The predicted molar refractivity (Wildman–Crippen MR) is 112 cm³/mol. The average Bonchev–Trinajstić information content (AvgIpc) is 3.17. The van der Waals surface area contributed by atoms with Gasteiger partial charge in [-0.3, -0.25) is 9.69 Å². The molecular weight excluding hydrogens is 377 g/mol. The average molecular weight is 404 g/mol. The highest BCUT2D eigenvalue weighted by Gasteiger charge is 2.34. The maximum absolute atomic E-state index is 13.1. The number of anilines is 1. The second-order valence-electron chi connectivity index (χ2n) is 7.40. The Balaban J connectivity index is 0.00000225. The number of rotatable bonds is 4. The van der Waals surface area contributed by atoms with Gasteiger partial charge in [0.25, 0.3) is 0 Å². The van der Waals surface area contributed by atoms with Crippen molar-refractivity contribution in [2.75, 3.05) is 37.6 Å². The van der Waals surface area contributed by atoms with Gasteiger partial charge in [-0.2, -0.15) is 0 Å². The molecule has 1 atom stereocenters. The molecule has 0 spiro atoms. The van der Waals surface area contributed by atoms with Crippen molar-refractivity contribution in [1.82, 2.24) is 9.80 Å². The zero-order valence-electron chi connectivity index (χ0n) is 16.0. The van der Waals surface area contributed by atoms with Gasteiger partial charge in [0, 0.05) is 38.4 Å². The van der Waals surface area contributed by atoms with Gasteiger partial charge in [0.1, 0.15) is 5.82 Å². The number of amides is 1. The first kappa shape index (κ1) is 20.6. The Morgan fingerprint density at radius 1 is 0.929 bits per heavy atom. The first-order valence-corrected chi connectivity index (χ1v) is 9.78. The molecule has 28 heavy (non-hydrogen) atoms. The van der Waals surface area contributed by atoms with Gasteiger partial charge in [-0.05, 0) is 49.2 Å². The molecule has 0 N–H and O–H groups in total. The van der Waals surface area contributed by atoms with Crippen LogP contribution in [0.25, 0.3) is 0 Å². The summed E-state index contributed by atoms with van der Waals surface area (Å²) in [6.45, 7) is 4.87. The molecule has 150 valence electrons. The molecule has 0 unspecified atom stereocenters. The standard InChI is InChI=1S/C22H26FN3O.ClH/c23-19-8-10-20(11-9-19)24-13-15-25(16-14-24)22(27)21-7-4-12-26(21)17-18-5-2-1-3-6-18;/h1-3,5-6,8-11,21H,4,7,12-17H2;1H/t21-;/m0./s1. The molecule has 0 radical (unpaired) electrons. The van der Waals surface area contributed by atoms with Crippen molar-refractivity contribution in [3.8, 4) is 0 Å². The van der Waals surface area contributed by atoms with Crippen LogP contribution in [0.15, 0.2) is 54.6 Å². The van der Waals surface area contributed by atoms with Crippen LogP contribution in [0.4, 0.5) is 10.1 Å². The van der Waals surface area contributed by atoms with Crippen LogP contribution in [0.5, 0.6) is 0 Å². The van der Waals surface area contributed by atoms with E-state index < -0.39 is 0 Å². The van der Waals surface area contributed by atoms with Gasteiger partial charge in [-0.25, -0.2) is 4.39 Å². The number of halogens is 2. The summed E-state index contributed by atoms with van der Waals surface area (Å²) in [6, 6.07) is 17.0. The van der Waals surface area contributed by atoms with E-state index in [0.29, 0.717) is 0 Å². The van der Waals surface area contributed by atoms with Crippen molar-refractivity contribution in [3.05, 3.63) is 66.0 Å². The van der Waals surface area contributed by atoms with Crippen LogP contribution in [0.1, 0.15) is 18.4 Å². The SMILES string of the molecule is Cl.O=C([C@@H]1CCCN1Cc1ccccc1)N1CCN(c2ccc(F)cc2)CC1. The monoisotopic (exact) mass is 403 g/mol. The molecule has 1 amide bonds. The van der Waals surface area contributed by atoms with E-state index >= 15 is 0 Å². The maximum Gasteiger partial charge on any atom is 0.240 e. The number of carbonyl (C=O) groups is 1. The van der Waals surface area contributed by atoms with Crippen LogP contribution in [0, 0.1) is 5.82 Å². The van der Waals surface area contributed by atoms with Gasteiger partial charge in [0.15, 0.2) is 0 Å². The molecule has 0 aliphatic carbocycles. The number of hydrogen-bond donors (Lipinski definition) is 0. The Hall–Kier alpha value is -2.11. The van der Waals surface area contributed by atoms with Crippen molar-refractivity contribution in [1.29, 1.82) is 0 Å². The number of hydrogen-bond acceptors (Lipinski definition) is 3. The first-order chi connectivity index (χ1) is 13.2. The number of carbonyl (C=O) groups excluding carboxylic acids is 1. The number of nitrogens with zero attached hydrogens (tertiary/aromatic N) is 3. The highest BCUT2D eigenvalue weighted by molar-refractivity contribution is 5.85. The molecule has 0 aromatic heterocycles. The topological polar surface area (TPSA) is 26.8 Å². The first-order valence-electron chi connectivity index (χ1n) is 9.78. The molecule has 2 fully saturated rings. The van der Waals surface area contributed by atoms with E-state index in [9.17, 15) is 9.18 Å². The van der Waals surface area contributed by atoms with E-state index in [1.807, 2.05) is 23.1 Å². The van der Waals surface area contributed by atoms with Crippen molar-refractivity contribution in [3.63, 3.8) is 0 Å². The fourth-order valence-corrected chi connectivity index (χ4v) is 4.16.